The van der Waals surface area contributed by atoms with E-state index in [4.69, 9.17) is 14.6 Å². The number of carboxylic acids is 1. The predicted octanol–water partition coefficient (Wildman–Crippen LogP) is 3.66. The van der Waals surface area contributed by atoms with E-state index in [1.807, 2.05) is 49.4 Å². The molecule has 2 aromatic rings. The van der Waals surface area contributed by atoms with Gasteiger partial charge in [-0.3, -0.25) is 9.59 Å². The van der Waals surface area contributed by atoms with Crippen molar-refractivity contribution in [3.63, 3.8) is 0 Å². The quantitative estimate of drug-likeness (QED) is 0.808. The number of hydrazone groups is 1. The molecule has 2 aliphatic heterocycles. The summed E-state index contributed by atoms with van der Waals surface area (Å²) in [5.41, 5.74) is 3.87. The highest BCUT2D eigenvalue weighted by Gasteiger charge is 2.33. The average molecular weight is 394 g/mol. The van der Waals surface area contributed by atoms with Crippen molar-refractivity contribution in [3.8, 4) is 11.5 Å². The van der Waals surface area contributed by atoms with E-state index in [0.29, 0.717) is 17.9 Å². The van der Waals surface area contributed by atoms with E-state index in [1.165, 1.54) is 5.01 Å². The van der Waals surface area contributed by atoms with Crippen LogP contribution in [0.1, 0.15) is 48.4 Å². The summed E-state index contributed by atoms with van der Waals surface area (Å²) in [6.07, 6.45) is 0.960. The molecule has 0 bridgehead atoms. The number of fused-ring (bicyclic) bond motifs is 1. The molecule has 4 rings (SSSR count). The van der Waals surface area contributed by atoms with E-state index >= 15 is 0 Å². The van der Waals surface area contributed by atoms with Crippen molar-refractivity contribution in [3.05, 3.63) is 59.2 Å². The smallest absolute Gasteiger partial charge is 0.303 e. The number of ether oxygens (including phenoxy) is 2. The van der Waals surface area contributed by atoms with Crippen molar-refractivity contribution in [2.24, 2.45) is 5.10 Å². The van der Waals surface area contributed by atoms with E-state index < -0.39 is 5.97 Å². The zero-order chi connectivity index (χ0) is 20.4. The van der Waals surface area contributed by atoms with Gasteiger partial charge in [-0.1, -0.05) is 35.9 Å². The third kappa shape index (κ3) is 4.08. The lowest BCUT2D eigenvalue weighted by Gasteiger charge is -2.22. The number of nitrogens with zero attached hydrogens (tertiary/aromatic N) is 2. The van der Waals surface area contributed by atoms with Gasteiger partial charge in [0, 0.05) is 19.3 Å². The molecule has 1 atom stereocenters. The number of aryl methyl sites for hydroxylation is 1. The van der Waals surface area contributed by atoms with Crippen molar-refractivity contribution >= 4 is 17.6 Å². The molecule has 1 amide bonds. The number of rotatable bonds is 6. The Morgan fingerprint density at radius 1 is 1.10 bits per heavy atom. The van der Waals surface area contributed by atoms with Crippen LogP contribution in [0, 0.1) is 6.92 Å². The highest BCUT2D eigenvalue weighted by Crippen LogP contribution is 2.39. The number of hydrogen-bond donors (Lipinski definition) is 1. The van der Waals surface area contributed by atoms with Crippen LogP contribution in [0.5, 0.6) is 11.5 Å². The van der Waals surface area contributed by atoms with E-state index in [9.17, 15) is 9.59 Å². The molecule has 1 N–H and O–H groups in total. The van der Waals surface area contributed by atoms with Crippen LogP contribution in [0.15, 0.2) is 47.6 Å². The fourth-order valence-electron chi connectivity index (χ4n) is 3.55. The minimum Gasteiger partial charge on any atom is -0.481 e. The van der Waals surface area contributed by atoms with Crippen LogP contribution < -0.4 is 9.47 Å². The largest absolute Gasteiger partial charge is 0.481 e. The summed E-state index contributed by atoms with van der Waals surface area (Å²) in [6, 6.07) is 13.4. The monoisotopic (exact) mass is 394 g/mol. The summed E-state index contributed by atoms with van der Waals surface area (Å²) in [4.78, 5) is 23.6. The normalized spacial score (nSPS) is 17.3. The lowest BCUT2D eigenvalue weighted by molar-refractivity contribution is -0.137. The summed E-state index contributed by atoms with van der Waals surface area (Å²) < 4.78 is 10.9. The Morgan fingerprint density at radius 2 is 1.86 bits per heavy atom. The number of hydrogen-bond acceptors (Lipinski definition) is 5. The molecular formula is C22H22N2O5. The Bertz CT molecular complexity index is 968. The fraction of sp³-hybridized carbons (Fsp3) is 0.318. The zero-order valence-corrected chi connectivity index (χ0v) is 16.1. The third-order valence-corrected chi connectivity index (χ3v) is 5.11. The maximum absolute atomic E-state index is 12.8. The van der Waals surface area contributed by atoms with E-state index in [-0.39, 0.29) is 38.0 Å². The third-order valence-electron chi connectivity index (χ3n) is 5.11. The summed E-state index contributed by atoms with van der Waals surface area (Å²) in [5.74, 6) is 0.252. The standard InChI is InChI=1S/C22H22N2O5/c1-14-5-7-15(8-6-14)17-12-18(16-9-10-19-20(11-16)29-13-28-19)24(23-17)21(25)3-2-4-22(26)27/h5-11,18H,2-4,12-13H2,1H3,(H,26,27)/t18-/m1/s1. The van der Waals surface area contributed by atoms with Crippen LogP contribution in [-0.2, 0) is 9.59 Å². The van der Waals surface area contributed by atoms with Crippen molar-refractivity contribution in [2.75, 3.05) is 6.79 Å². The van der Waals surface area contributed by atoms with E-state index in [2.05, 4.69) is 5.10 Å². The number of carbonyl (C=O) groups excluding carboxylic acids is 1. The maximum atomic E-state index is 12.8. The van der Waals surface area contributed by atoms with Gasteiger partial charge in [0.05, 0.1) is 11.8 Å². The first-order chi connectivity index (χ1) is 14.0. The molecular weight excluding hydrogens is 372 g/mol. The number of benzene rings is 2. The van der Waals surface area contributed by atoms with Gasteiger partial charge in [-0.25, -0.2) is 5.01 Å². The predicted molar refractivity (Wildman–Crippen MR) is 106 cm³/mol. The van der Waals surface area contributed by atoms with Crippen molar-refractivity contribution < 1.29 is 24.2 Å². The fourth-order valence-corrected chi connectivity index (χ4v) is 3.55. The Kier molecular flexibility index (Phi) is 5.20. The van der Waals surface area contributed by atoms with Gasteiger partial charge in [0.15, 0.2) is 11.5 Å². The second-order valence-corrected chi connectivity index (χ2v) is 7.23. The number of carbonyl (C=O) groups is 2. The molecule has 0 unspecified atom stereocenters. The van der Waals surface area contributed by atoms with Gasteiger partial charge in [0.25, 0.3) is 0 Å². The molecule has 150 valence electrons. The van der Waals surface area contributed by atoms with Gasteiger partial charge in [-0.05, 0) is 36.6 Å². The Hall–Kier alpha value is -3.35. The Morgan fingerprint density at radius 3 is 2.62 bits per heavy atom. The lowest BCUT2D eigenvalue weighted by Crippen LogP contribution is -2.27. The molecule has 0 fully saturated rings. The molecule has 0 radical (unpaired) electrons. The van der Waals surface area contributed by atoms with E-state index in [1.54, 1.807) is 0 Å². The van der Waals surface area contributed by atoms with Crippen molar-refractivity contribution in [1.82, 2.24) is 5.01 Å². The van der Waals surface area contributed by atoms with Crippen LogP contribution >= 0.6 is 0 Å². The van der Waals surface area contributed by atoms with Crippen LogP contribution in [0.25, 0.3) is 0 Å². The molecule has 29 heavy (non-hydrogen) atoms. The molecule has 0 spiro atoms. The molecule has 0 saturated heterocycles. The van der Waals surface area contributed by atoms with Crippen LogP contribution in [0.2, 0.25) is 0 Å². The highest BCUT2D eigenvalue weighted by molar-refractivity contribution is 6.03. The summed E-state index contributed by atoms with van der Waals surface area (Å²) >= 11 is 0. The van der Waals surface area contributed by atoms with Crippen molar-refractivity contribution in [1.29, 1.82) is 0 Å². The van der Waals surface area contributed by atoms with Gasteiger partial charge in [-0.2, -0.15) is 5.10 Å². The average Bonchev–Trinajstić information content (AvgIpc) is 3.34. The molecule has 0 saturated carbocycles. The minimum absolute atomic E-state index is 0.0389. The molecule has 2 aromatic carbocycles. The highest BCUT2D eigenvalue weighted by atomic mass is 16.7. The summed E-state index contributed by atoms with van der Waals surface area (Å²) in [6.45, 7) is 2.21. The number of carboxylic acid groups (broad SMARTS) is 1. The van der Waals surface area contributed by atoms with Crippen molar-refractivity contribution in [2.45, 2.75) is 38.6 Å². The number of amides is 1. The molecule has 7 nitrogen and oxygen atoms in total. The Balaban J connectivity index is 1.60. The van der Waals surface area contributed by atoms with Gasteiger partial charge in [-0.15, -0.1) is 0 Å². The van der Waals surface area contributed by atoms with Crippen LogP contribution in [0.4, 0.5) is 0 Å². The molecule has 2 aliphatic rings. The minimum atomic E-state index is -0.907. The first kappa shape index (κ1) is 19.0. The first-order valence-electron chi connectivity index (χ1n) is 9.59. The van der Waals surface area contributed by atoms with E-state index in [0.717, 1.165) is 22.4 Å². The lowest BCUT2D eigenvalue weighted by atomic mass is 9.97. The maximum Gasteiger partial charge on any atom is 0.303 e. The number of aliphatic carboxylic acids is 1. The van der Waals surface area contributed by atoms with Gasteiger partial charge in [0.1, 0.15) is 0 Å². The molecule has 2 heterocycles. The summed E-state index contributed by atoms with van der Waals surface area (Å²) in [7, 11) is 0. The Labute approximate surface area is 168 Å². The SMILES string of the molecule is Cc1ccc(C2=NN(C(=O)CCCC(=O)O)[C@@H](c3ccc4c(c3)OCO4)C2)cc1. The summed E-state index contributed by atoms with van der Waals surface area (Å²) in [5, 5.41) is 15.0. The molecule has 0 aliphatic carbocycles. The molecule has 7 heteroatoms. The molecule has 0 aromatic heterocycles. The van der Waals surface area contributed by atoms with Gasteiger partial charge in [0.2, 0.25) is 12.7 Å². The van der Waals surface area contributed by atoms with Crippen LogP contribution in [-0.4, -0.2) is 34.5 Å². The zero-order valence-electron chi connectivity index (χ0n) is 16.1. The second kappa shape index (κ2) is 7.95. The topological polar surface area (TPSA) is 88.4 Å². The second-order valence-electron chi connectivity index (χ2n) is 7.23. The van der Waals surface area contributed by atoms with Crippen LogP contribution in [0.3, 0.4) is 0 Å². The first-order valence-corrected chi connectivity index (χ1v) is 9.59. The van der Waals surface area contributed by atoms with Gasteiger partial charge < -0.3 is 14.6 Å². The van der Waals surface area contributed by atoms with Gasteiger partial charge >= 0.3 is 5.97 Å².